The molecule has 2 aromatic rings. The molecule has 1 fully saturated rings. The maximum atomic E-state index is 11.9. The Balaban J connectivity index is 1.86. The predicted octanol–water partition coefficient (Wildman–Crippen LogP) is 0.551. The molecule has 4 rings (SSSR count). The number of para-hydroxylation sites is 1. The van der Waals surface area contributed by atoms with E-state index in [1.54, 1.807) is 4.90 Å². The first-order chi connectivity index (χ1) is 9.24. The van der Waals surface area contributed by atoms with Crippen molar-refractivity contribution < 1.29 is 9.59 Å². The van der Waals surface area contributed by atoms with Crippen LogP contribution in [0.3, 0.4) is 0 Å². The number of rotatable bonds is 0. The van der Waals surface area contributed by atoms with Gasteiger partial charge in [0.1, 0.15) is 6.04 Å². The molecule has 1 aromatic carbocycles. The van der Waals surface area contributed by atoms with Gasteiger partial charge in [-0.25, -0.2) is 0 Å². The van der Waals surface area contributed by atoms with E-state index in [-0.39, 0.29) is 24.4 Å². The third-order valence-electron chi connectivity index (χ3n) is 4.04. The van der Waals surface area contributed by atoms with E-state index in [2.05, 4.69) is 16.4 Å². The van der Waals surface area contributed by atoms with Gasteiger partial charge in [-0.05, 0) is 11.6 Å². The Kier molecular flexibility index (Phi) is 2.01. The molecule has 0 bridgehead atoms. The number of nitrogens with zero attached hydrogens (tertiary/aromatic N) is 1. The van der Waals surface area contributed by atoms with E-state index in [0.717, 1.165) is 16.6 Å². The highest BCUT2D eigenvalue weighted by Gasteiger charge is 2.39. The summed E-state index contributed by atoms with van der Waals surface area (Å²) in [5.74, 6) is -0.0514. The van der Waals surface area contributed by atoms with E-state index >= 15 is 0 Å². The number of nitrogens with one attached hydrogen (secondary N) is 2. The van der Waals surface area contributed by atoms with Gasteiger partial charge in [0.05, 0.1) is 13.1 Å². The molecule has 0 radical (unpaired) electrons. The second kappa shape index (κ2) is 3.60. The molecule has 1 atom stereocenters. The molecule has 3 heterocycles. The molecule has 0 unspecified atom stereocenters. The summed E-state index contributed by atoms with van der Waals surface area (Å²) >= 11 is 0. The molecule has 1 saturated heterocycles. The molecule has 5 nitrogen and oxygen atoms in total. The van der Waals surface area contributed by atoms with Crippen LogP contribution in [-0.4, -0.2) is 34.3 Å². The van der Waals surface area contributed by atoms with Gasteiger partial charge in [-0.2, -0.15) is 0 Å². The maximum absolute atomic E-state index is 11.9. The zero-order chi connectivity index (χ0) is 13.0. The number of H-pyrrole nitrogens is 1. The van der Waals surface area contributed by atoms with E-state index in [0.29, 0.717) is 13.0 Å². The summed E-state index contributed by atoms with van der Waals surface area (Å²) in [6.07, 6.45) is 0.594. The van der Waals surface area contributed by atoms with Gasteiger partial charge in [0, 0.05) is 23.0 Å². The quantitative estimate of drug-likeness (QED) is 0.722. The minimum Gasteiger partial charge on any atom is -0.357 e. The summed E-state index contributed by atoms with van der Waals surface area (Å²) in [6.45, 7) is 0.617. The smallest absolute Gasteiger partial charge is 0.243 e. The molecule has 2 aliphatic heterocycles. The molecule has 2 N–H and O–H groups in total. The number of piperazine rings is 1. The number of hydrogen-bond acceptors (Lipinski definition) is 2. The topological polar surface area (TPSA) is 65.2 Å². The van der Waals surface area contributed by atoms with Crippen LogP contribution in [0, 0.1) is 0 Å². The monoisotopic (exact) mass is 255 g/mol. The first-order valence-electron chi connectivity index (χ1n) is 6.39. The lowest BCUT2D eigenvalue weighted by atomic mass is 9.95. The number of carbonyl (C=O) groups excluding carboxylic acids is 2. The fourth-order valence-corrected chi connectivity index (χ4v) is 3.09. The zero-order valence-electron chi connectivity index (χ0n) is 10.3. The van der Waals surface area contributed by atoms with Gasteiger partial charge < -0.3 is 15.2 Å². The lowest BCUT2D eigenvalue weighted by molar-refractivity contribution is -0.146. The standard InChI is InChI=1S/C14H13N3O2/c18-13-6-15-14(19)12-5-9-8-3-1-2-4-10(8)16-11(9)7-17(12)13/h1-4,12,16H,5-7H2,(H,15,19)/t12-/m1/s1. The van der Waals surface area contributed by atoms with E-state index in [1.807, 2.05) is 18.2 Å². The Hall–Kier alpha value is -2.30. The highest BCUT2D eigenvalue weighted by atomic mass is 16.2. The van der Waals surface area contributed by atoms with Crippen molar-refractivity contribution in [2.45, 2.75) is 19.0 Å². The Bertz CT molecular complexity index is 704. The van der Waals surface area contributed by atoms with Crippen molar-refractivity contribution in [2.75, 3.05) is 6.54 Å². The van der Waals surface area contributed by atoms with Crippen molar-refractivity contribution in [1.29, 1.82) is 0 Å². The summed E-state index contributed by atoms with van der Waals surface area (Å²) in [6, 6.07) is 7.70. The number of carbonyl (C=O) groups is 2. The molecular formula is C14H13N3O2. The fourth-order valence-electron chi connectivity index (χ4n) is 3.09. The second-order valence-electron chi connectivity index (χ2n) is 5.09. The molecule has 0 spiro atoms. The van der Waals surface area contributed by atoms with Crippen LogP contribution in [0.4, 0.5) is 0 Å². The molecule has 5 heteroatoms. The molecule has 2 amide bonds. The van der Waals surface area contributed by atoms with Gasteiger partial charge in [0.25, 0.3) is 0 Å². The van der Waals surface area contributed by atoms with Crippen LogP contribution < -0.4 is 5.32 Å². The Morgan fingerprint density at radius 1 is 1.21 bits per heavy atom. The van der Waals surface area contributed by atoms with Gasteiger partial charge >= 0.3 is 0 Å². The van der Waals surface area contributed by atoms with Crippen molar-refractivity contribution in [3.05, 3.63) is 35.5 Å². The summed E-state index contributed by atoms with van der Waals surface area (Å²) in [5.41, 5.74) is 3.29. The Morgan fingerprint density at radius 2 is 2.05 bits per heavy atom. The van der Waals surface area contributed by atoms with Crippen molar-refractivity contribution in [3.63, 3.8) is 0 Å². The number of benzene rings is 1. The first kappa shape index (κ1) is 10.6. The van der Waals surface area contributed by atoms with Crippen molar-refractivity contribution >= 4 is 22.7 Å². The molecule has 0 aliphatic carbocycles. The zero-order valence-corrected chi connectivity index (χ0v) is 10.3. The van der Waals surface area contributed by atoms with Crippen LogP contribution in [0.2, 0.25) is 0 Å². The van der Waals surface area contributed by atoms with Crippen LogP contribution in [0.1, 0.15) is 11.3 Å². The largest absolute Gasteiger partial charge is 0.357 e. The van der Waals surface area contributed by atoms with E-state index in [9.17, 15) is 9.59 Å². The molecule has 96 valence electrons. The van der Waals surface area contributed by atoms with Gasteiger partial charge in [-0.1, -0.05) is 18.2 Å². The molecule has 0 saturated carbocycles. The molecule has 1 aromatic heterocycles. The first-order valence-corrected chi connectivity index (χ1v) is 6.39. The highest BCUT2D eigenvalue weighted by molar-refractivity contribution is 5.96. The number of fused-ring (bicyclic) bond motifs is 4. The minimum atomic E-state index is -0.354. The minimum absolute atomic E-state index is 0.00564. The van der Waals surface area contributed by atoms with E-state index in [4.69, 9.17) is 0 Å². The fraction of sp³-hybridized carbons (Fsp3) is 0.286. The summed E-state index contributed by atoms with van der Waals surface area (Å²) in [7, 11) is 0. The molecule has 19 heavy (non-hydrogen) atoms. The van der Waals surface area contributed by atoms with E-state index in [1.165, 1.54) is 5.56 Å². The number of amides is 2. The Labute approximate surface area is 109 Å². The number of aromatic nitrogens is 1. The van der Waals surface area contributed by atoms with Crippen LogP contribution in [0.5, 0.6) is 0 Å². The summed E-state index contributed by atoms with van der Waals surface area (Å²) < 4.78 is 0. The third kappa shape index (κ3) is 1.41. The lowest BCUT2D eigenvalue weighted by Crippen LogP contribution is -2.60. The third-order valence-corrected chi connectivity index (χ3v) is 4.04. The Morgan fingerprint density at radius 3 is 2.95 bits per heavy atom. The maximum Gasteiger partial charge on any atom is 0.243 e. The highest BCUT2D eigenvalue weighted by Crippen LogP contribution is 2.30. The predicted molar refractivity (Wildman–Crippen MR) is 69.4 cm³/mol. The van der Waals surface area contributed by atoms with Crippen molar-refractivity contribution in [2.24, 2.45) is 0 Å². The van der Waals surface area contributed by atoms with Gasteiger partial charge in [0.15, 0.2) is 0 Å². The summed E-state index contributed by atoms with van der Waals surface area (Å²) in [4.78, 5) is 28.9. The van der Waals surface area contributed by atoms with Gasteiger partial charge in [-0.3, -0.25) is 9.59 Å². The van der Waals surface area contributed by atoms with Crippen molar-refractivity contribution in [1.82, 2.24) is 15.2 Å². The second-order valence-corrected chi connectivity index (χ2v) is 5.09. The average molecular weight is 255 g/mol. The SMILES string of the molecule is O=C1NCC(=O)N2Cc3[nH]c4ccccc4c3C[C@H]12. The van der Waals surface area contributed by atoms with Crippen LogP contribution in [0.25, 0.3) is 10.9 Å². The molecular weight excluding hydrogens is 242 g/mol. The van der Waals surface area contributed by atoms with Gasteiger partial charge in [0.2, 0.25) is 11.8 Å². The number of aromatic amines is 1. The summed E-state index contributed by atoms with van der Waals surface area (Å²) in [5, 5.41) is 3.82. The average Bonchev–Trinajstić information content (AvgIpc) is 2.79. The lowest BCUT2D eigenvalue weighted by Gasteiger charge is -2.38. The van der Waals surface area contributed by atoms with E-state index < -0.39 is 0 Å². The van der Waals surface area contributed by atoms with Crippen LogP contribution >= 0.6 is 0 Å². The van der Waals surface area contributed by atoms with Crippen LogP contribution in [0.15, 0.2) is 24.3 Å². The van der Waals surface area contributed by atoms with Crippen molar-refractivity contribution in [3.8, 4) is 0 Å². The number of hydrogen-bond donors (Lipinski definition) is 2. The normalized spacial score (nSPS) is 22.1. The molecule has 2 aliphatic rings. The van der Waals surface area contributed by atoms with Gasteiger partial charge in [-0.15, -0.1) is 0 Å². The van der Waals surface area contributed by atoms with Crippen LogP contribution in [-0.2, 0) is 22.6 Å².